The summed E-state index contributed by atoms with van der Waals surface area (Å²) in [4.78, 5) is 28.6. The Morgan fingerprint density at radius 1 is 1.33 bits per heavy atom. The monoisotopic (exact) mass is 336 g/mol. The van der Waals surface area contributed by atoms with Crippen LogP contribution in [0.5, 0.6) is 0 Å². The average Bonchev–Trinajstić information content (AvgIpc) is 3.10. The summed E-state index contributed by atoms with van der Waals surface area (Å²) >= 11 is 0. The topological polar surface area (TPSA) is 78.7 Å². The molecule has 0 radical (unpaired) electrons. The van der Waals surface area contributed by atoms with E-state index in [0.29, 0.717) is 18.8 Å². The number of nitrogens with one attached hydrogen (secondary N) is 1. The molecule has 2 heterocycles. The Hall–Kier alpha value is -1.89. The van der Waals surface area contributed by atoms with E-state index in [4.69, 9.17) is 4.52 Å². The van der Waals surface area contributed by atoms with Crippen molar-refractivity contribution >= 4 is 17.6 Å². The van der Waals surface area contributed by atoms with Crippen molar-refractivity contribution in [3.05, 3.63) is 12.3 Å². The zero-order valence-corrected chi connectivity index (χ0v) is 14.5. The summed E-state index contributed by atoms with van der Waals surface area (Å²) in [6.07, 6.45) is 7.44. The number of likely N-dealkylation sites (tertiary alicyclic amines) is 1. The van der Waals surface area contributed by atoms with E-state index in [2.05, 4.69) is 22.3 Å². The van der Waals surface area contributed by atoms with Gasteiger partial charge in [0.25, 0.3) is 0 Å². The van der Waals surface area contributed by atoms with E-state index in [9.17, 15) is 9.59 Å². The van der Waals surface area contributed by atoms with Gasteiger partial charge in [0.15, 0.2) is 5.82 Å². The highest BCUT2D eigenvalue weighted by Crippen LogP contribution is 2.09. The van der Waals surface area contributed by atoms with Crippen LogP contribution < -0.4 is 5.32 Å². The van der Waals surface area contributed by atoms with E-state index >= 15 is 0 Å². The summed E-state index contributed by atoms with van der Waals surface area (Å²) in [5.74, 6) is 0.175. The highest BCUT2D eigenvalue weighted by Gasteiger charge is 2.19. The summed E-state index contributed by atoms with van der Waals surface area (Å²) in [7, 11) is 0. The number of anilines is 1. The van der Waals surface area contributed by atoms with Gasteiger partial charge in [-0.05, 0) is 32.4 Å². The first-order chi connectivity index (χ1) is 11.7. The molecule has 1 aromatic rings. The van der Waals surface area contributed by atoms with Crippen LogP contribution in [0.4, 0.5) is 5.82 Å². The molecule has 24 heavy (non-hydrogen) atoms. The maximum atomic E-state index is 12.4. The lowest BCUT2D eigenvalue weighted by atomic mass is 10.1. The van der Waals surface area contributed by atoms with Gasteiger partial charge in [0.05, 0.1) is 6.54 Å². The van der Waals surface area contributed by atoms with Crippen LogP contribution in [0.25, 0.3) is 0 Å². The van der Waals surface area contributed by atoms with E-state index in [1.54, 1.807) is 11.0 Å². The van der Waals surface area contributed by atoms with E-state index in [-0.39, 0.29) is 18.4 Å². The predicted molar refractivity (Wildman–Crippen MR) is 91.5 cm³/mol. The van der Waals surface area contributed by atoms with Gasteiger partial charge in [-0.3, -0.25) is 9.59 Å². The first kappa shape index (κ1) is 18.4. The minimum atomic E-state index is -0.243. The molecule has 1 N–H and O–H groups in total. The smallest absolute Gasteiger partial charge is 0.245 e. The summed E-state index contributed by atoms with van der Waals surface area (Å²) in [6.45, 7) is 5.71. The number of hydrogen-bond acceptors (Lipinski definition) is 5. The fourth-order valence-electron chi connectivity index (χ4n) is 2.86. The van der Waals surface area contributed by atoms with Crippen LogP contribution >= 0.6 is 0 Å². The minimum absolute atomic E-state index is 0.0455. The summed E-state index contributed by atoms with van der Waals surface area (Å²) in [5.41, 5.74) is 0. The Balaban J connectivity index is 1.85. The van der Waals surface area contributed by atoms with Gasteiger partial charge in [0, 0.05) is 25.6 Å². The molecule has 7 nitrogen and oxygen atoms in total. The molecule has 0 bridgehead atoms. The van der Waals surface area contributed by atoms with Crippen LogP contribution in [0.15, 0.2) is 16.9 Å². The fourth-order valence-corrected chi connectivity index (χ4v) is 2.86. The van der Waals surface area contributed by atoms with Crippen molar-refractivity contribution < 1.29 is 14.1 Å². The van der Waals surface area contributed by atoms with Crippen LogP contribution in [-0.2, 0) is 9.59 Å². The van der Waals surface area contributed by atoms with E-state index in [1.807, 2.05) is 0 Å². The minimum Gasteiger partial charge on any atom is -0.363 e. The Labute approximate surface area is 143 Å². The van der Waals surface area contributed by atoms with Crippen molar-refractivity contribution in [3.8, 4) is 0 Å². The highest BCUT2D eigenvalue weighted by molar-refractivity contribution is 5.93. The lowest BCUT2D eigenvalue weighted by Crippen LogP contribution is -2.43. The molecule has 0 saturated carbocycles. The van der Waals surface area contributed by atoms with E-state index in [0.717, 1.165) is 32.5 Å². The molecule has 0 aliphatic carbocycles. The zero-order chi connectivity index (χ0) is 17.2. The SMILES string of the molecule is CCCCC(=O)N(CCN1CCCCC1)CC(=O)Nc1ccon1. The standard InChI is InChI=1S/C17H28N4O3/c1-2-3-7-17(23)21(12-11-20-9-5-4-6-10-20)14-16(22)18-15-8-13-24-19-15/h8,13H,2-7,9-12,14H2,1H3,(H,18,19,22). The number of amides is 2. The number of nitrogens with zero attached hydrogens (tertiary/aromatic N) is 3. The molecule has 2 rings (SSSR count). The molecule has 1 aliphatic heterocycles. The number of carbonyl (C=O) groups is 2. The van der Waals surface area contributed by atoms with Crippen molar-refractivity contribution in [2.45, 2.75) is 45.4 Å². The van der Waals surface area contributed by atoms with E-state index in [1.165, 1.54) is 25.5 Å². The second-order valence-corrected chi connectivity index (χ2v) is 6.25. The van der Waals surface area contributed by atoms with Gasteiger partial charge in [-0.2, -0.15) is 0 Å². The number of rotatable bonds is 9. The number of carbonyl (C=O) groups excluding carboxylic acids is 2. The van der Waals surface area contributed by atoms with Crippen molar-refractivity contribution in [2.24, 2.45) is 0 Å². The molecule has 0 atom stereocenters. The van der Waals surface area contributed by atoms with Crippen molar-refractivity contribution in [3.63, 3.8) is 0 Å². The Morgan fingerprint density at radius 2 is 2.12 bits per heavy atom. The maximum Gasteiger partial charge on any atom is 0.245 e. The molecule has 1 aliphatic rings. The van der Waals surface area contributed by atoms with Gasteiger partial charge in [-0.1, -0.05) is 24.9 Å². The first-order valence-corrected chi connectivity index (χ1v) is 8.89. The molecule has 0 spiro atoms. The van der Waals surface area contributed by atoms with Crippen molar-refractivity contribution in [1.29, 1.82) is 0 Å². The summed E-state index contributed by atoms with van der Waals surface area (Å²) < 4.78 is 4.70. The second-order valence-electron chi connectivity index (χ2n) is 6.25. The summed E-state index contributed by atoms with van der Waals surface area (Å²) in [5, 5.41) is 6.31. The first-order valence-electron chi connectivity index (χ1n) is 8.89. The summed E-state index contributed by atoms with van der Waals surface area (Å²) in [6, 6.07) is 1.58. The fraction of sp³-hybridized carbons (Fsp3) is 0.706. The van der Waals surface area contributed by atoms with Crippen LogP contribution in [0, 0.1) is 0 Å². The third-order valence-electron chi connectivity index (χ3n) is 4.27. The molecule has 1 aromatic heterocycles. The molecule has 2 amide bonds. The molecular formula is C17H28N4O3. The van der Waals surface area contributed by atoms with Crippen LogP contribution in [0.3, 0.4) is 0 Å². The van der Waals surface area contributed by atoms with Gasteiger partial charge >= 0.3 is 0 Å². The van der Waals surface area contributed by atoms with E-state index < -0.39 is 0 Å². The second kappa shape index (κ2) is 10.1. The molecule has 1 saturated heterocycles. The van der Waals surface area contributed by atoms with Gasteiger partial charge in [0.1, 0.15) is 6.26 Å². The number of piperidine rings is 1. The molecular weight excluding hydrogens is 308 g/mol. The predicted octanol–water partition coefficient (Wildman–Crippen LogP) is 2.12. The Kier molecular flexibility index (Phi) is 7.74. The van der Waals surface area contributed by atoms with Gasteiger partial charge < -0.3 is 19.6 Å². The van der Waals surface area contributed by atoms with Gasteiger partial charge in [-0.15, -0.1) is 0 Å². The quantitative estimate of drug-likeness (QED) is 0.747. The number of unbranched alkanes of at least 4 members (excludes halogenated alkanes) is 1. The van der Waals surface area contributed by atoms with Crippen LogP contribution in [0.2, 0.25) is 0 Å². The Morgan fingerprint density at radius 3 is 2.79 bits per heavy atom. The lowest BCUT2D eigenvalue weighted by Gasteiger charge is -2.30. The van der Waals surface area contributed by atoms with Crippen molar-refractivity contribution in [2.75, 3.05) is 38.0 Å². The molecule has 0 unspecified atom stereocenters. The molecule has 134 valence electrons. The average molecular weight is 336 g/mol. The normalized spacial score (nSPS) is 15.2. The number of hydrogen-bond donors (Lipinski definition) is 1. The van der Waals surface area contributed by atoms with Crippen molar-refractivity contribution in [1.82, 2.24) is 15.0 Å². The number of aromatic nitrogens is 1. The maximum absolute atomic E-state index is 12.4. The molecule has 1 fully saturated rings. The van der Waals surface area contributed by atoms with Crippen LogP contribution in [-0.4, -0.2) is 59.5 Å². The Bertz CT molecular complexity index is 498. The third kappa shape index (κ3) is 6.31. The van der Waals surface area contributed by atoms with Gasteiger partial charge in [0.2, 0.25) is 11.8 Å². The highest BCUT2D eigenvalue weighted by atomic mass is 16.5. The zero-order valence-electron chi connectivity index (χ0n) is 14.5. The largest absolute Gasteiger partial charge is 0.363 e. The molecule has 0 aromatic carbocycles. The third-order valence-corrected chi connectivity index (χ3v) is 4.27. The molecule has 7 heteroatoms. The van der Waals surface area contributed by atoms with Crippen LogP contribution in [0.1, 0.15) is 45.4 Å². The lowest BCUT2D eigenvalue weighted by molar-refractivity contribution is -0.135. The van der Waals surface area contributed by atoms with Gasteiger partial charge in [-0.25, -0.2) is 0 Å².